The van der Waals surface area contributed by atoms with Crippen molar-refractivity contribution >= 4 is 35.0 Å². The summed E-state index contributed by atoms with van der Waals surface area (Å²) in [5.74, 6) is -0.0782. The monoisotopic (exact) mass is 449 g/mol. The summed E-state index contributed by atoms with van der Waals surface area (Å²) >= 11 is 7.40. The van der Waals surface area contributed by atoms with Crippen molar-refractivity contribution in [3.63, 3.8) is 0 Å². The molecule has 7 nitrogen and oxygen atoms in total. The van der Waals surface area contributed by atoms with Crippen molar-refractivity contribution in [2.45, 2.75) is 23.1 Å². The van der Waals surface area contributed by atoms with Gasteiger partial charge in [0.15, 0.2) is 0 Å². The van der Waals surface area contributed by atoms with Gasteiger partial charge in [-0.1, -0.05) is 23.7 Å². The quantitative estimate of drug-likeness (QED) is 0.373. The molecule has 1 saturated heterocycles. The molecule has 9 heteroatoms. The van der Waals surface area contributed by atoms with Gasteiger partial charge in [0.2, 0.25) is 5.91 Å². The number of benzene rings is 2. The van der Waals surface area contributed by atoms with E-state index in [2.05, 4.69) is 10.2 Å². The zero-order valence-corrected chi connectivity index (χ0v) is 18.2. The summed E-state index contributed by atoms with van der Waals surface area (Å²) in [7, 11) is 0. The van der Waals surface area contributed by atoms with Crippen LogP contribution in [0.4, 0.5) is 5.69 Å². The second-order valence-corrected chi connectivity index (χ2v) is 8.82. The molecule has 1 fully saturated rings. The minimum absolute atomic E-state index is 0.0340. The molecule has 1 N–H and O–H groups in total. The van der Waals surface area contributed by atoms with E-state index in [0.29, 0.717) is 24.8 Å². The van der Waals surface area contributed by atoms with Crippen LogP contribution < -0.4 is 5.32 Å². The minimum atomic E-state index is -0.437. The van der Waals surface area contributed by atoms with E-state index in [4.69, 9.17) is 16.3 Å². The number of non-ortho nitro benzene ring substituents is 1. The number of halogens is 1. The molecule has 1 aliphatic heterocycles. The first-order valence-corrected chi connectivity index (χ1v) is 11.0. The Kier molecular flexibility index (Phi) is 8.09. The van der Waals surface area contributed by atoms with Crippen LogP contribution in [0.15, 0.2) is 53.4 Å². The summed E-state index contributed by atoms with van der Waals surface area (Å²) in [5, 5.41) is 14.2. The summed E-state index contributed by atoms with van der Waals surface area (Å²) < 4.78 is 5.46. The standard InChI is InChI=1S/C21H24ClN3O4S/c1-15(30-19-8-6-18(7-9-19)25(27)28)21(26)23-14-20(24-10-12-29-13-11-24)16-2-4-17(22)5-3-16/h2-9,15,20H,10-14H2,1H3,(H,23,26). The smallest absolute Gasteiger partial charge is 0.269 e. The number of ether oxygens (including phenoxy) is 1. The van der Waals surface area contributed by atoms with Crippen LogP contribution >= 0.6 is 23.4 Å². The first-order chi connectivity index (χ1) is 14.4. The van der Waals surface area contributed by atoms with Gasteiger partial charge in [-0.15, -0.1) is 11.8 Å². The van der Waals surface area contributed by atoms with E-state index in [1.165, 1.54) is 23.9 Å². The molecule has 2 aromatic rings. The van der Waals surface area contributed by atoms with Gasteiger partial charge in [-0.25, -0.2) is 0 Å². The van der Waals surface area contributed by atoms with Crippen LogP contribution in [0.1, 0.15) is 18.5 Å². The molecule has 0 aliphatic carbocycles. The highest BCUT2D eigenvalue weighted by molar-refractivity contribution is 8.00. The number of amides is 1. The van der Waals surface area contributed by atoms with Gasteiger partial charge in [0.1, 0.15) is 0 Å². The normalized spacial score (nSPS) is 16.6. The first-order valence-electron chi connectivity index (χ1n) is 9.70. The fourth-order valence-corrected chi connectivity index (χ4v) is 4.29. The molecular formula is C21H24ClN3O4S. The van der Waals surface area contributed by atoms with Gasteiger partial charge in [0.25, 0.3) is 5.69 Å². The average molecular weight is 450 g/mol. The molecule has 3 rings (SSSR count). The van der Waals surface area contributed by atoms with Crippen molar-refractivity contribution in [3.8, 4) is 0 Å². The lowest BCUT2D eigenvalue weighted by molar-refractivity contribution is -0.384. The van der Waals surface area contributed by atoms with Crippen LogP contribution in [0.25, 0.3) is 0 Å². The Balaban J connectivity index is 1.61. The van der Waals surface area contributed by atoms with E-state index in [-0.39, 0.29) is 22.9 Å². The van der Waals surface area contributed by atoms with E-state index in [0.717, 1.165) is 23.5 Å². The number of nitro benzene ring substituents is 1. The summed E-state index contributed by atoms with van der Waals surface area (Å²) in [4.78, 5) is 26.1. The fraction of sp³-hybridized carbons (Fsp3) is 0.381. The van der Waals surface area contributed by atoms with E-state index in [9.17, 15) is 14.9 Å². The van der Waals surface area contributed by atoms with Crippen LogP contribution in [0, 0.1) is 10.1 Å². The van der Waals surface area contributed by atoms with Crippen molar-refractivity contribution in [1.29, 1.82) is 0 Å². The lowest BCUT2D eigenvalue weighted by Crippen LogP contribution is -2.44. The molecule has 2 aromatic carbocycles. The van der Waals surface area contributed by atoms with Gasteiger partial charge in [-0.3, -0.25) is 19.8 Å². The van der Waals surface area contributed by atoms with Crippen molar-refractivity contribution in [2.24, 2.45) is 0 Å². The lowest BCUT2D eigenvalue weighted by Gasteiger charge is -2.35. The van der Waals surface area contributed by atoms with Crippen LogP contribution in [0.2, 0.25) is 5.02 Å². The maximum atomic E-state index is 12.7. The van der Waals surface area contributed by atoms with Gasteiger partial charge < -0.3 is 10.1 Å². The Labute approximate surface area is 184 Å². The van der Waals surface area contributed by atoms with E-state index >= 15 is 0 Å². The highest BCUT2D eigenvalue weighted by Gasteiger charge is 2.24. The second kappa shape index (κ2) is 10.8. The molecule has 30 heavy (non-hydrogen) atoms. The Bertz CT molecular complexity index is 858. The number of rotatable bonds is 8. The average Bonchev–Trinajstić information content (AvgIpc) is 2.76. The maximum absolute atomic E-state index is 12.7. The third kappa shape index (κ3) is 6.18. The lowest BCUT2D eigenvalue weighted by atomic mass is 10.0. The largest absolute Gasteiger partial charge is 0.379 e. The van der Waals surface area contributed by atoms with Crippen LogP contribution in [0.3, 0.4) is 0 Å². The van der Waals surface area contributed by atoms with Gasteiger partial charge >= 0.3 is 0 Å². The molecule has 1 aliphatic rings. The molecule has 0 radical (unpaired) electrons. The molecule has 0 aromatic heterocycles. The fourth-order valence-electron chi connectivity index (χ4n) is 3.28. The molecule has 1 amide bonds. The Morgan fingerprint density at radius 3 is 2.43 bits per heavy atom. The predicted molar refractivity (Wildman–Crippen MR) is 118 cm³/mol. The second-order valence-electron chi connectivity index (χ2n) is 6.97. The highest BCUT2D eigenvalue weighted by atomic mass is 35.5. The topological polar surface area (TPSA) is 84.7 Å². The predicted octanol–water partition coefficient (Wildman–Crippen LogP) is 3.92. The number of nitro groups is 1. The number of carbonyl (C=O) groups excluding carboxylic acids is 1. The molecule has 160 valence electrons. The van der Waals surface area contributed by atoms with Crippen molar-refractivity contribution in [1.82, 2.24) is 10.2 Å². The summed E-state index contributed by atoms with van der Waals surface area (Å²) in [5.41, 5.74) is 1.13. The number of thioether (sulfide) groups is 1. The zero-order valence-electron chi connectivity index (χ0n) is 16.6. The first kappa shape index (κ1) is 22.6. The summed E-state index contributed by atoms with van der Waals surface area (Å²) in [6, 6.07) is 14.0. The Morgan fingerprint density at radius 2 is 1.83 bits per heavy atom. The molecule has 0 spiro atoms. The third-order valence-corrected chi connectivity index (χ3v) is 6.30. The molecule has 1 heterocycles. The van der Waals surface area contributed by atoms with Gasteiger partial charge in [-0.2, -0.15) is 0 Å². The molecule has 0 saturated carbocycles. The summed E-state index contributed by atoms with van der Waals surface area (Å²) in [6.45, 7) is 5.25. The molecule has 2 atom stereocenters. The van der Waals surface area contributed by atoms with E-state index in [1.807, 2.05) is 31.2 Å². The van der Waals surface area contributed by atoms with Crippen molar-refractivity contribution in [3.05, 3.63) is 69.2 Å². The van der Waals surface area contributed by atoms with Crippen LogP contribution in [-0.4, -0.2) is 53.8 Å². The highest BCUT2D eigenvalue weighted by Crippen LogP contribution is 2.26. The summed E-state index contributed by atoms with van der Waals surface area (Å²) in [6.07, 6.45) is 0. The zero-order chi connectivity index (χ0) is 21.5. The number of nitrogens with one attached hydrogen (secondary N) is 1. The number of morpholine rings is 1. The molecule has 0 bridgehead atoms. The van der Waals surface area contributed by atoms with Crippen LogP contribution in [-0.2, 0) is 9.53 Å². The SMILES string of the molecule is CC(Sc1ccc([N+](=O)[O-])cc1)C(=O)NCC(c1ccc(Cl)cc1)N1CCOCC1. The number of hydrogen-bond donors (Lipinski definition) is 1. The number of nitrogens with zero attached hydrogens (tertiary/aromatic N) is 2. The third-order valence-electron chi connectivity index (χ3n) is 4.94. The van der Waals surface area contributed by atoms with E-state index < -0.39 is 4.92 Å². The van der Waals surface area contributed by atoms with E-state index in [1.54, 1.807) is 12.1 Å². The molecule has 2 unspecified atom stereocenters. The Morgan fingerprint density at radius 1 is 1.20 bits per heavy atom. The van der Waals surface area contributed by atoms with Gasteiger partial charge in [-0.05, 0) is 36.8 Å². The molecular weight excluding hydrogens is 426 g/mol. The maximum Gasteiger partial charge on any atom is 0.269 e. The van der Waals surface area contributed by atoms with Gasteiger partial charge in [0.05, 0.1) is 29.4 Å². The Hall–Kier alpha value is -2.13. The van der Waals surface area contributed by atoms with Gasteiger partial charge in [0, 0.05) is 41.7 Å². The van der Waals surface area contributed by atoms with Crippen molar-refractivity contribution in [2.75, 3.05) is 32.8 Å². The van der Waals surface area contributed by atoms with Crippen LogP contribution in [0.5, 0.6) is 0 Å². The van der Waals surface area contributed by atoms with Crippen molar-refractivity contribution < 1.29 is 14.5 Å². The number of carbonyl (C=O) groups is 1. The minimum Gasteiger partial charge on any atom is -0.379 e. The number of hydrogen-bond acceptors (Lipinski definition) is 6.